The van der Waals surface area contributed by atoms with Crippen LogP contribution in [0, 0.1) is 11.6 Å². The lowest BCUT2D eigenvalue weighted by atomic mass is 9.95. The number of aryl methyl sites for hydroxylation is 1. The van der Waals surface area contributed by atoms with Gasteiger partial charge in [0.05, 0.1) is 11.8 Å². The molecule has 0 amide bonds. The third-order valence-electron chi connectivity index (χ3n) is 5.12. The van der Waals surface area contributed by atoms with Crippen LogP contribution in [0.25, 0.3) is 22.0 Å². The van der Waals surface area contributed by atoms with E-state index in [1.807, 2.05) is 0 Å². The van der Waals surface area contributed by atoms with Gasteiger partial charge >= 0.3 is 5.97 Å². The number of carboxylic acid groups (broad SMARTS) is 1. The molecule has 0 spiro atoms. The number of nitrogens with zero attached hydrogens (tertiary/aromatic N) is 3. The number of benzene rings is 1. The number of fused-ring (bicyclic) bond motifs is 1. The standard InChI is InChI=1S/C22H19F2N5O4/c1-28-10-16(13-3-4-25-19(13)21(28)30)15-5-11(9-29(2)33)14(22(31)32)7-18(15)27-20-17(24)6-12(23)8-26-20/h3-8,10,25,33H,9H2,1-2H3,(H,26,27)(H,31,32). The molecule has 4 N–H and O–H groups in total. The van der Waals surface area contributed by atoms with Gasteiger partial charge in [-0.05, 0) is 23.8 Å². The Bertz CT molecular complexity index is 1440. The second kappa shape index (κ2) is 8.45. The average molecular weight is 455 g/mol. The molecule has 0 fully saturated rings. The summed E-state index contributed by atoms with van der Waals surface area (Å²) in [5.41, 5.74) is 1.32. The van der Waals surface area contributed by atoms with E-state index < -0.39 is 17.6 Å². The lowest BCUT2D eigenvalue weighted by Gasteiger charge is -2.19. The highest BCUT2D eigenvalue weighted by Crippen LogP contribution is 2.37. The van der Waals surface area contributed by atoms with E-state index in [0.717, 1.165) is 11.3 Å². The Morgan fingerprint density at radius 3 is 2.70 bits per heavy atom. The number of aromatic amines is 1. The second-order valence-electron chi connectivity index (χ2n) is 7.51. The molecular weight excluding hydrogens is 436 g/mol. The number of H-pyrrole nitrogens is 1. The number of anilines is 2. The molecule has 0 saturated carbocycles. The maximum atomic E-state index is 14.3. The quantitative estimate of drug-likeness (QED) is 0.328. The third kappa shape index (κ3) is 4.19. The summed E-state index contributed by atoms with van der Waals surface area (Å²) in [4.78, 5) is 31.0. The van der Waals surface area contributed by atoms with Crippen molar-refractivity contribution in [3.05, 3.63) is 76.0 Å². The van der Waals surface area contributed by atoms with Crippen molar-refractivity contribution < 1.29 is 23.9 Å². The summed E-state index contributed by atoms with van der Waals surface area (Å²) >= 11 is 0. The zero-order chi connectivity index (χ0) is 23.9. The third-order valence-corrected chi connectivity index (χ3v) is 5.12. The van der Waals surface area contributed by atoms with E-state index in [2.05, 4.69) is 15.3 Å². The lowest BCUT2D eigenvalue weighted by molar-refractivity contribution is -0.0732. The van der Waals surface area contributed by atoms with Crippen molar-refractivity contribution in [3.8, 4) is 11.1 Å². The molecule has 0 radical (unpaired) electrons. The van der Waals surface area contributed by atoms with Crippen LogP contribution in [0.5, 0.6) is 0 Å². The number of halogens is 2. The van der Waals surface area contributed by atoms with E-state index in [0.29, 0.717) is 28.1 Å². The van der Waals surface area contributed by atoms with Gasteiger partial charge in [-0.25, -0.2) is 18.6 Å². The highest BCUT2D eigenvalue weighted by Gasteiger charge is 2.21. The summed E-state index contributed by atoms with van der Waals surface area (Å²) < 4.78 is 29.0. The minimum atomic E-state index is -1.26. The zero-order valence-corrected chi connectivity index (χ0v) is 17.6. The van der Waals surface area contributed by atoms with Crippen LogP contribution in [0.3, 0.4) is 0 Å². The summed E-state index contributed by atoms with van der Waals surface area (Å²) in [6, 6.07) is 5.16. The first kappa shape index (κ1) is 22.1. The van der Waals surface area contributed by atoms with E-state index in [1.54, 1.807) is 25.5 Å². The SMILES string of the molecule is CN(O)Cc1cc(-c2cn(C)c(=O)c3[nH]ccc23)c(Nc2ncc(F)cc2F)cc1C(=O)O. The molecule has 0 unspecified atom stereocenters. The summed E-state index contributed by atoms with van der Waals surface area (Å²) in [7, 11) is 2.93. The highest BCUT2D eigenvalue weighted by atomic mass is 19.1. The van der Waals surface area contributed by atoms with Crippen LogP contribution in [-0.4, -0.2) is 42.9 Å². The van der Waals surface area contributed by atoms with Gasteiger partial charge in [-0.15, -0.1) is 0 Å². The van der Waals surface area contributed by atoms with Crippen molar-refractivity contribution in [1.29, 1.82) is 0 Å². The Kier molecular flexibility index (Phi) is 5.66. The van der Waals surface area contributed by atoms with Crippen molar-refractivity contribution in [2.45, 2.75) is 6.54 Å². The fraction of sp³-hybridized carbons (Fsp3) is 0.136. The first-order chi connectivity index (χ1) is 15.7. The van der Waals surface area contributed by atoms with E-state index >= 15 is 0 Å². The first-order valence-corrected chi connectivity index (χ1v) is 9.71. The van der Waals surface area contributed by atoms with Gasteiger partial charge in [-0.1, -0.05) is 0 Å². The van der Waals surface area contributed by atoms with Gasteiger partial charge < -0.3 is 25.2 Å². The van der Waals surface area contributed by atoms with E-state index in [9.17, 15) is 28.7 Å². The molecule has 0 saturated heterocycles. The van der Waals surface area contributed by atoms with E-state index in [-0.39, 0.29) is 34.7 Å². The smallest absolute Gasteiger partial charge is 0.336 e. The molecule has 1 aromatic carbocycles. The zero-order valence-electron chi connectivity index (χ0n) is 17.6. The fourth-order valence-corrected chi connectivity index (χ4v) is 3.66. The Hall–Kier alpha value is -4.09. The van der Waals surface area contributed by atoms with Crippen molar-refractivity contribution in [2.24, 2.45) is 7.05 Å². The molecule has 0 aliphatic heterocycles. The minimum Gasteiger partial charge on any atom is -0.478 e. The molecule has 33 heavy (non-hydrogen) atoms. The summed E-state index contributed by atoms with van der Waals surface area (Å²) in [5.74, 6) is -3.40. The molecule has 0 atom stereocenters. The number of hydroxylamine groups is 2. The second-order valence-corrected chi connectivity index (χ2v) is 7.51. The van der Waals surface area contributed by atoms with Crippen molar-refractivity contribution in [3.63, 3.8) is 0 Å². The molecule has 11 heteroatoms. The number of nitrogens with one attached hydrogen (secondary N) is 2. The largest absolute Gasteiger partial charge is 0.478 e. The molecule has 3 aromatic heterocycles. The van der Waals surface area contributed by atoms with E-state index in [4.69, 9.17) is 0 Å². The van der Waals surface area contributed by atoms with Crippen LogP contribution in [0.15, 0.2) is 47.7 Å². The van der Waals surface area contributed by atoms with Gasteiger partial charge in [-0.3, -0.25) is 4.79 Å². The van der Waals surface area contributed by atoms with Gasteiger partial charge in [0.1, 0.15) is 11.3 Å². The Balaban J connectivity index is 2.02. The number of aromatic nitrogens is 3. The van der Waals surface area contributed by atoms with Crippen LogP contribution >= 0.6 is 0 Å². The highest BCUT2D eigenvalue weighted by molar-refractivity contribution is 6.00. The molecular formula is C22H19F2N5O4. The van der Waals surface area contributed by atoms with Crippen LogP contribution in [-0.2, 0) is 13.6 Å². The van der Waals surface area contributed by atoms with Gasteiger partial charge in [0.25, 0.3) is 5.56 Å². The average Bonchev–Trinajstić information content (AvgIpc) is 3.23. The monoisotopic (exact) mass is 455 g/mol. The molecule has 4 rings (SSSR count). The molecule has 4 aromatic rings. The number of carbonyl (C=O) groups is 1. The van der Waals surface area contributed by atoms with Crippen LogP contribution < -0.4 is 10.9 Å². The molecule has 0 aliphatic rings. The summed E-state index contributed by atoms with van der Waals surface area (Å²) in [6.45, 7) is -0.111. The van der Waals surface area contributed by atoms with Crippen molar-refractivity contribution in [2.75, 3.05) is 12.4 Å². The van der Waals surface area contributed by atoms with Crippen LogP contribution in [0.4, 0.5) is 20.3 Å². The fourth-order valence-electron chi connectivity index (χ4n) is 3.66. The number of carboxylic acids is 1. The van der Waals surface area contributed by atoms with Gasteiger partial charge in [-0.2, -0.15) is 5.06 Å². The van der Waals surface area contributed by atoms with Crippen molar-refractivity contribution >= 4 is 28.4 Å². The molecule has 9 nitrogen and oxygen atoms in total. The Morgan fingerprint density at radius 2 is 2.03 bits per heavy atom. The summed E-state index contributed by atoms with van der Waals surface area (Å²) in [6.07, 6.45) is 3.99. The minimum absolute atomic E-state index is 0.111. The summed E-state index contributed by atoms with van der Waals surface area (Å²) in [5, 5.41) is 23.6. The Labute approximate surface area is 185 Å². The maximum Gasteiger partial charge on any atom is 0.336 e. The number of pyridine rings is 2. The number of hydrogen-bond donors (Lipinski definition) is 4. The predicted octanol–water partition coefficient (Wildman–Crippen LogP) is 3.47. The Morgan fingerprint density at radius 1 is 1.27 bits per heavy atom. The topological polar surface area (TPSA) is 123 Å². The lowest BCUT2D eigenvalue weighted by Crippen LogP contribution is -2.17. The van der Waals surface area contributed by atoms with Crippen LogP contribution in [0.2, 0.25) is 0 Å². The van der Waals surface area contributed by atoms with Crippen LogP contribution in [0.1, 0.15) is 15.9 Å². The van der Waals surface area contributed by atoms with Gasteiger partial charge in [0.15, 0.2) is 11.6 Å². The van der Waals surface area contributed by atoms with Gasteiger partial charge in [0.2, 0.25) is 0 Å². The van der Waals surface area contributed by atoms with E-state index in [1.165, 1.54) is 23.7 Å². The number of rotatable bonds is 6. The predicted molar refractivity (Wildman–Crippen MR) is 117 cm³/mol. The first-order valence-electron chi connectivity index (χ1n) is 9.71. The molecule has 0 aliphatic carbocycles. The molecule has 3 heterocycles. The maximum absolute atomic E-state index is 14.3. The van der Waals surface area contributed by atoms with Gasteiger partial charge in [0, 0.05) is 61.3 Å². The molecule has 0 bridgehead atoms. The normalized spacial score (nSPS) is 11.3. The number of hydrogen-bond acceptors (Lipinski definition) is 6. The molecule has 170 valence electrons. The number of aromatic carboxylic acids is 1. The van der Waals surface area contributed by atoms with Crippen molar-refractivity contribution in [1.82, 2.24) is 19.6 Å².